The standard InChI is InChI=1S/C16H26N4O2.3ClH/c21-16(22-14-15-4-2-1-3-5-15)20-12-10-18-8-6-17-7-9-19-11-13-20;;;/h1-5,17-19H,6-14H2;3*1H. The van der Waals surface area contributed by atoms with Gasteiger partial charge < -0.3 is 57.9 Å². The van der Waals surface area contributed by atoms with Crippen molar-refractivity contribution >= 4 is 6.09 Å². The summed E-state index contributed by atoms with van der Waals surface area (Å²) < 4.78 is 5.44. The molecule has 9 heteroatoms. The predicted molar refractivity (Wildman–Crippen MR) is 83.2 cm³/mol. The average Bonchev–Trinajstić information content (AvgIpc) is 2.54. The number of amides is 1. The summed E-state index contributed by atoms with van der Waals surface area (Å²) in [4.78, 5) is 14.1. The summed E-state index contributed by atoms with van der Waals surface area (Å²) in [6.07, 6.45) is -0.200. The van der Waals surface area contributed by atoms with Gasteiger partial charge in [0, 0.05) is 0 Å². The van der Waals surface area contributed by atoms with E-state index < -0.39 is 0 Å². The molecule has 2 rings (SSSR count). The van der Waals surface area contributed by atoms with Gasteiger partial charge in [0.25, 0.3) is 0 Å². The number of quaternary nitrogens is 3. The number of carbonyl (C=O) groups is 1. The Morgan fingerprint density at radius 3 is 1.84 bits per heavy atom. The Kier molecular flexibility index (Phi) is 17.7. The van der Waals surface area contributed by atoms with Gasteiger partial charge in [0.2, 0.25) is 0 Å². The quantitative estimate of drug-likeness (QED) is 0.448. The topological polar surface area (TPSA) is 79.4 Å². The van der Waals surface area contributed by atoms with E-state index in [1.54, 1.807) is 0 Å². The zero-order valence-electron chi connectivity index (χ0n) is 14.4. The molecule has 1 aliphatic heterocycles. The fraction of sp³-hybridized carbons (Fsp3) is 0.562. The lowest BCUT2D eigenvalue weighted by Crippen LogP contribution is -3.00. The van der Waals surface area contributed by atoms with Crippen molar-refractivity contribution in [2.24, 2.45) is 0 Å². The first-order valence-corrected chi connectivity index (χ1v) is 8.27. The number of nitrogens with zero attached hydrogens (tertiary/aromatic N) is 1. The van der Waals surface area contributed by atoms with E-state index in [2.05, 4.69) is 16.0 Å². The molecule has 6 nitrogen and oxygen atoms in total. The summed E-state index contributed by atoms with van der Waals surface area (Å²) in [5.41, 5.74) is 1.03. The SMILES string of the molecule is O=C(OCc1ccccc1)N1CC[NH2+]CC[NH2+]CC[NH2+]CC1.[Cl-].[Cl-].[Cl-]. The average molecular weight is 416 g/mol. The van der Waals surface area contributed by atoms with Crippen LogP contribution in [0.1, 0.15) is 5.56 Å². The third-order valence-corrected chi connectivity index (χ3v) is 3.82. The molecular weight excluding hydrogens is 387 g/mol. The van der Waals surface area contributed by atoms with Crippen molar-refractivity contribution in [3.05, 3.63) is 35.9 Å². The van der Waals surface area contributed by atoms with Crippen LogP contribution in [0, 0.1) is 0 Å². The van der Waals surface area contributed by atoms with Crippen LogP contribution in [0.3, 0.4) is 0 Å². The predicted octanol–water partition coefficient (Wildman–Crippen LogP) is -11.7. The molecule has 1 heterocycles. The van der Waals surface area contributed by atoms with Gasteiger partial charge in [0.05, 0.1) is 26.2 Å². The third kappa shape index (κ3) is 11.5. The number of hydrogen-bond donors (Lipinski definition) is 3. The van der Waals surface area contributed by atoms with Crippen molar-refractivity contribution in [2.75, 3.05) is 52.4 Å². The molecule has 0 radical (unpaired) electrons. The fourth-order valence-corrected chi connectivity index (χ4v) is 2.50. The van der Waals surface area contributed by atoms with Crippen LogP contribution in [0.4, 0.5) is 4.79 Å². The second-order valence-corrected chi connectivity index (χ2v) is 5.63. The molecule has 1 saturated heterocycles. The summed E-state index contributed by atoms with van der Waals surface area (Å²) in [5, 5.41) is 6.92. The Morgan fingerprint density at radius 2 is 1.32 bits per heavy atom. The second-order valence-electron chi connectivity index (χ2n) is 5.63. The summed E-state index contributed by atoms with van der Waals surface area (Å²) in [6.45, 7) is 8.22. The molecule has 6 N–H and O–H groups in total. The minimum atomic E-state index is -0.200. The lowest BCUT2D eigenvalue weighted by Gasteiger charge is -2.21. The molecule has 25 heavy (non-hydrogen) atoms. The van der Waals surface area contributed by atoms with Gasteiger partial charge in [-0.05, 0) is 5.56 Å². The molecule has 1 amide bonds. The number of benzene rings is 1. The van der Waals surface area contributed by atoms with Gasteiger partial charge in [-0.25, -0.2) is 4.79 Å². The second kappa shape index (κ2) is 16.7. The van der Waals surface area contributed by atoms with E-state index in [1.807, 2.05) is 35.2 Å². The number of halogens is 3. The van der Waals surface area contributed by atoms with Crippen molar-refractivity contribution in [2.45, 2.75) is 6.61 Å². The summed E-state index contributed by atoms with van der Waals surface area (Å²) in [5.74, 6) is 0. The van der Waals surface area contributed by atoms with E-state index in [9.17, 15) is 4.79 Å². The van der Waals surface area contributed by atoms with Crippen LogP contribution in [0.5, 0.6) is 0 Å². The highest BCUT2D eigenvalue weighted by atomic mass is 35.5. The van der Waals surface area contributed by atoms with Crippen molar-refractivity contribution in [3.63, 3.8) is 0 Å². The smallest absolute Gasteiger partial charge is 0.410 e. The van der Waals surface area contributed by atoms with Gasteiger partial charge in [-0.2, -0.15) is 0 Å². The van der Waals surface area contributed by atoms with E-state index in [0.717, 1.165) is 57.9 Å². The van der Waals surface area contributed by atoms with Gasteiger partial charge in [-0.3, -0.25) is 4.90 Å². The first-order valence-electron chi connectivity index (χ1n) is 8.27. The van der Waals surface area contributed by atoms with Crippen molar-refractivity contribution in [1.82, 2.24) is 4.90 Å². The molecule has 1 aromatic rings. The molecule has 0 spiro atoms. The highest BCUT2D eigenvalue weighted by Crippen LogP contribution is 2.02. The maximum absolute atomic E-state index is 12.3. The largest absolute Gasteiger partial charge is 1.00 e. The van der Waals surface area contributed by atoms with E-state index in [-0.39, 0.29) is 43.3 Å². The zero-order valence-corrected chi connectivity index (χ0v) is 16.6. The minimum absolute atomic E-state index is 0. The Bertz CT molecular complexity index is 429. The van der Waals surface area contributed by atoms with Crippen LogP contribution in [-0.4, -0.2) is 63.4 Å². The van der Waals surface area contributed by atoms with E-state index in [4.69, 9.17) is 4.74 Å². The maximum atomic E-state index is 12.3. The van der Waals surface area contributed by atoms with E-state index in [1.165, 1.54) is 0 Å². The zero-order chi connectivity index (χ0) is 15.5. The molecule has 0 aliphatic carbocycles. The van der Waals surface area contributed by atoms with Gasteiger partial charge in [-0.15, -0.1) is 0 Å². The summed E-state index contributed by atoms with van der Waals surface area (Å²) >= 11 is 0. The lowest BCUT2D eigenvalue weighted by atomic mass is 10.2. The molecule has 1 aromatic carbocycles. The van der Waals surface area contributed by atoms with Crippen molar-refractivity contribution in [3.8, 4) is 0 Å². The van der Waals surface area contributed by atoms with Crippen LogP contribution in [0.2, 0.25) is 0 Å². The molecule has 0 unspecified atom stereocenters. The van der Waals surface area contributed by atoms with Crippen LogP contribution >= 0.6 is 0 Å². The molecule has 0 atom stereocenters. The minimum Gasteiger partial charge on any atom is -1.00 e. The van der Waals surface area contributed by atoms with E-state index >= 15 is 0 Å². The molecule has 0 aromatic heterocycles. The highest BCUT2D eigenvalue weighted by molar-refractivity contribution is 5.67. The van der Waals surface area contributed by atoms with Crippen LogP contribution < -0.4 is 53.2 Å². The van der Waals surface area contributed by atoms with Crippen LogP contribution in [0.25, 0.3) is 0 Å². The molecule has 146 valence electrons. The molecule has 1 fully saturated rings. The van der Waals surface area contributed by atoms with Gasteiger partial charge >= 0.3 is 6.09 Å². The summed E-state index contributed by atoms with van der Waals surface area (Å²) in [6, 6.07) is 9.83. The Labute approximate surface area is 168 Å². The first kappa shape index (κ1) is 26.5. The Balaban J connectivity index is 0. The molecule has 0 saturated carbocycles. The Morgan fingerprint density at radius 1 is 0.840 bits per heavy atom. The van der Waals surface area contributed by atoms with Crippen LogP contribution in [-0.2, 0) is 11.3 Å². The molecular formula is C16H29Cl3N4O2. The van der Waals surface area contributed by atoms with Gasteiger partial charge in [-0.1, -0.05) is 30.3 Å². The van der Waals surface area contributed by atoms with Gasteiger partial charge in [0.1, 0.15) is 32.8 Å². The lowest BCUT2D eigenvalue weighted by molar-refractivity contribution is -0.751. The monoisotopic (exact) mass is 414 g/mol. The number of rotatable bonds is 2. The molecule has 1 aliphatic rings. The third-order valence-electron chi connectivity index (χ3n) is 3.82. The number of carbonyl (C=O) groups excluding carboxylic acids is 1. The highest BCUT2D eigenvalue weighted by Gasteiger charge is 2.16. The van der Waals surface area contributed by atoms with E-state index in [0.29, 0.717) is 6.61 Å². The number of hydrogen-bond acceptors (Lipinski definition) is 2. The van der Waals surface area contributed by atoms with Crippen molar-refractivity contribution in [1.29, 1.82) is 0 Å². The van der Waals surface area contributed by atoms with Gasteiger partial charge in [0.15, 0.2) is 0 Å². The summed E-state index contributed by atoms with van der Waals surface area (Å²) in [7, 11) is 0. The number of ether oxygens (including phenoxy) is 1. The van der Waals surface area contributed by atoms with Crippen molar-refractivity contribution < 1.29 is 62.7 Å². The number of nitrogens with two attached hydrogens (primary N) is 3. The maximum Gasteiger partial charge on any atom is 0.410 e. The normalized spacial score (nSPS) is 15.9. The van der Waals surface area contributed by atoms with Crippen LogP contribution in [0.15, 0.2) is 30.3 Å². The first-order chi connectivity index (χ1) is 10.9. The molecule has 0 bridgehead atoms. The fourth-order valence-electron chi connectivity index (χ4n) is 2.50. The Hall–Kier alpha value is -0.760.